The van der Waals surface area contributed by atoms with E-state index in [9.17, 15) is 4.79 Å². The third-order valence-electron chi connectivity index (χ3n) is 2.71. The molecule has 0 saturated heterocycles. The van der Waals surface area contributed by atoms with Crippen LogP contribution in [0.5, 0.6) is 0 Å². The van der Waals surface area contributed by atoms with Crippen molar-refractivity contribution in [1.29, 1.82) is 0 Å². The minimum atomic E-state index is -0.163. The minimum absolute atomic E-state index is 0.163. The lowest BCUT2D eigenvalue weighted by molar-refractivity contribution is -0.113. The van der Waals surface area contributed by atoms with Crippen LogP contribution < -0.4 is 0 Å². The van der Waals surface area contributed by atoms with Gasteiger partial charge in [-0.05, 0) is 29.9 Å². The van der Waals surface area contributed by atoms with Crippen LogP contribution in [0.15, 0.2) is 0 Å². The number of rotatable bonds is 2. The van der Waals surface area contributed by atoms with Crippen molar-refractivity contribution in [3.8, 4) is 0 Å². The maximum atomic E-state index is 10.6. The van der Waals surface area contributed by atoms with E-state index in [1.165, 1.54) is 25.7 Å². The highest BCUT2D eigenvalue weighted by Crippen LogP contribution is 2.32. The van der Waals surface area contributed by atoms with Crippen molar-refractivity contribution >= 4 is 16.8 Å². The highest BCUT2D eigenvalue weighted by molar-refractivity contribution is 6.63. The van der Waals surface area contributed by atoms with Crippen LogP contribution in [0.2, 0.25) is 0 Å². The third-order valence-corrected chi connectivity index (χ3v) is 2.87. The predicted octanol–water partition coefficient (Wildman–Crippen LogP) is 2.97. The van der Waals surface area contributed by atoms with Gasteiger partial charge in [0.05, 0.1) is 0 Å². The summed E-state index contributed by atoms with van der Waals surface area (Å²) in [4.78, 5) is 10.6. The van der Waals surface area contributed by atoms with E-state index in [1.807, 2.05) is 0 Å². The molecule has 1 aliphatic carbocycles. The van der Waals surface area contributed by atoms with Gasteiger partial charge in [-0.2, -0.15) is 0 Å². The lowest BCUT2D eigenvalue weighted by Crippen LogP contribution is -2.18. The van der Waals surface area contributed by atoms with Crippen molar-refractivity contribution < 1.29 is 4.79 Å². The molecule has 1 aliphatic rings. The zero-order valence-corrected chi connectivity index (χ0v) is 7.73. The maximum absolute atomic E-state index is 10.6. The molecule has 0 heterocycles. The van der Waals surface area contributed by atoms with Gasteiger partial charge in [0, 0.05) is 6.42 Å². The lowest BCUT2D eigenvalue weighted by Gasteiger charge is -2.27. The molecule has 0 spiro atoms. The van der Waals surface area contributed by atoms with Crippen LogP contribution in [0.3, 0.4) is 0 Å². The average Bonchev–Trinajstić information content (AvgIpc) is 1.93. The molecule has 11 heavy (non-hydrogen) atoms. The van der Waals surface area contributed by atoms with E-state index >= 15 is 0 Å². The Morgan fingerprint density at radius 1 is 1.45 bits per heavy atom. The van der Waals surface area contributed by atoms with Gasteiger partial charge in [0.1, 0.15) is 0 Å². The molecule has 0 aromatic rings. The van der Waals surface area contributed by atoms with Crippen LogP contribution in [0.1, 0.15) is 39.0 Å². The molecular weight excluding hydrogens is 160 g/mol. The van der Waals surface area contributed by atoms with E-state index in [2.05, 4.69) is 6.92 Å². The lowest BCUT2D eigenvalue weighted by atomic mass is 9.79. The van der Waals surface area contributed by atoms with Crippen molar-refractivity contribution in [2.75, 3.05) is 0 Å². The van der Waals surface area contributed by atoms with Gasteiger partial charge in [0.25, 0.3) is 0 Å². The number of halogens is 1. The Hall–Kier alpha value is -0.0400. The van der Waals surface area contributed by atoms with Gasteiger partial charge >= 0.3 is 0 Å². The monoisotopic (exact) mass is 174 g/mol. The molecule has 1 fully saturated rings. The summed E-state index contributed by atoms with van der Waals surface area (Å²) in [7, 11) is 0. The fraction of sp³-hybridized carbons (Fsp3) is 0.889. The zero-order valence-electron chi connectivity index (χ0n) is 6.98. The zero-order chi connectivity index (χ0) is 8.27. The smallest absolute Gasteiger partial charge is 0.221 e. The molecule has 0 radical (unpaired) electrons. The second kappa shape index (κ2) is 4.10. The number of carbonyl (C=O) groups is 1. The molecule has 0 aromatic heterocycles. The van der Waals surface area contributed by atoms with Crippen LogP contribution in [-0.4, -0.2) is 5.24 Å². The molecule has 0 N–H and O–H groups in total. The molecule has 2 atom stereocenters. The first-order valence-corrected chi connectivity index (χ1v) is 4.76. The van der Waals surface area contributed by atoms with Crippen molar-refractivity contribution in [3.05, 3.63) is 0 Å². The van der Waals surface area contributed by atoms with E-state index in [1.54, 1.807) is 0 Å². The normalized spacial score (nSPS) is 31.8. The highest BCUT2D eigenvalue weighted by Gasteiger charge is 2.22. The molecule has 0 aromatic carbocycles. The summed E-state index contributed by atoms with van der Waals surface area (Å²) in [5.74, 6) is 1.26. The topological polar surface area (TPSA) is 17.1 Å². The van der Waals surface area contributed by atoms with Crippen molar-refractivity contribution in [1.82, 2.24) is 0 Å². The quantitative estimate of drug-likeness (QED) is 0.589. The predicted molar refractivity (Wildman–Crippen MR) is 46.6 cm³/mol. The third kappa shape index (κ3) is 2.82. The van der Waals surface area contributed by atoms with Crippen LogP contribution in [0, 0.1) is 11.8 Å². The Labute approximate surface area is 73.1 Å². The molecule has 0 amide bonds. The van der Waals surface area contributed by atoms with Crippen LogP contribution in [0.4, 0.5) is 0 Å². The molecule has 1 rings (SSSR count). The summed E-state index contributed by atoms with van der Waals surface area (Å²) in [6.45, 7) is 2.23. The SMILES string of the molecule is CC1CCCCC1CC(=O)Cl. The molecule has 64 valence electrons. The Bertz CT molecular complexity index is 144. The Balaban J connectivity index is 2.35. The van der Waals surface area contributed by atoms with Crippen LogP contribution >= 0.6 is 11.6 Å². The summed E-state index contributed by atoms with van der Waals surface area (Å²) in [5.41, 5.74) is 0. The van der Waals surface area contributed by atoms with Gasteiger partial charge in [-0.25, -0.2) is 0 Å². The Morgan fingerprint density at radius 2 is 2.09 bits per heavy atom. The van der Waals surface area contributed by atoms with Crippen molar-refractivity contribution in [2.24, 2.45) is 11.8 Å². The first-order chi connectivity index (χ1) is 5.20. The molecule has 0 aliphatic heterocycles. The standard InChI is InChI=1S/C9H15ClO/c1-7-4-2-3-5-8(7)6-9(10)11/h7-8H,2-6H2,1H3. The number of hydrogen-bond acceptors (Lipinski definition) is 1. The van der Waals surface area contributed by atoms with Crippen molar-refractivity contribution in [3.63, 3.8) is 0 Å². The summed E-state index contributed by atoms with van der Waals surface area (Å²) >= 11 is 5.34. The summed E-state index contributed by atoms with van der Waals surface area (Å²) in [6, 6.07) is 0. The molecular formula is C9H15ClO. The number of hydrogen-bond donors (Lipinski definition) is 0. The molecule has 1 saturated carbocycles. The highest BCUT2D eigenvalue weighted by atomic mass is 35.5. The second-order valence-electron chi connectivity index (χ2n) is 3.58. The molecule has 2 unspecified atom stereocenters. The van der Waals surface area contributed by atoms with Crippen LogP contribution in [0.25, 0.3) is 0 Å². The van der Waals surface area contributed by atoms with E-state index in [0.29, 0.717) is 18.3 Å². The van der Waals surface area contributed by atoms with Crippen molar-refractivity contribution in [2.45, 2.75) is 39.0 Å². The molecule has 2 heteroatoms. The van der Waals surface area contributed by atoms with E-state index in [0.717, 1.165) is 0 Å². The van der Waals surface area contributed by atoms with Crippen LogP contribution in [-0.2, 0) is 4.79 Å². The Morgan fingerprint density at radius 3 is 2.64 bits per heavy atom. The van der Waals surface area contributed by atoms with Gasteiger partial charge in [-0.3, -0.25) is 4.79 Å². The van der Waals surface area contributed by atoms with Gasteiger partial charge in [-0.1, -0.05) is 26.2 Å². The van der Waals surface area contributed by atoms with E-state index < -0.39 is 0 Å². The second-order valence-corrected chi connectivity index (χ2v) is 4.00. The summed E-state index contributed by atoms with van der Waals surface area (Å²) in [5, 5.41) is -0.163. The minimum Gasteiger partial charge on any atom is -0.281 e. The summed E-state index contributed by atoms with van der Waals surface area (Å²) in [6.07, 6.45) is 5.66. The average molecular weight is 175 g/mol. The van der Waals surface area contributed by atoms with Gasteiger partial charge in [0.15, 0.2) is 0 Å². The Kier molecular flexibility index (Phi) is 3.38. The summed E-state index contributed by atoms with van der Waals surface area (Å²) < 4.78 is 0. The van der Waals surface area contributed by atoms with E-state index in [4.69, 9.17) is 11.6 Å². The molecule has 0 bridgehead atoms. The van der Waals surface area contributed by atoms with Gasteiger partial charge in [-0.15, -0.1) is 0 Å². The first kappa shape index (κ1) is 9.05. The maximum Gasteiger partial charge on any atom is 0.221 e. The first-order valence-electron chi connectivity index (χ1n) is 4.38. The van der Waals surface area contributed by atoms with E-state index in [-0.39, 0.29) is 5.24 Å². The molecule has 1 nitrogen and oxygen atoms in total. The largest absolute Gasteiger partial charge is 0.281 e. The fourth-order valence-electron chi connectivity index (χ4n) is 1.90. The number of carbonyl (C=O) groups excluding carboxylic acids is 1. The fourth-order valence-corrected chi connectivity index (χ4v) is 2.10. The van der Waals surface area contributed by atoms with Gasteiger partial charge < -0.3 is 0 Å². The van der Waals surface area contributed by atoms with Gasteiger partial charge in [0.2, 0.25) is 5.24 Å².